The van der Waals surface area contributed by atoms with Crippen LogP contribution in [-0.2, 0) is 9.53 Å². The lowest BCUT2D eigenvalue weighted by Gasteiger charge is -2.53. The van der Waals surface area contributed by atoms with Crippen LogP contribution in [0, 0.1) is 5.92 Å². The molecule has 6 rings (SSSR count). The first kappa shape index (κ1) is 15.3. The van der Waals surface area contributed by atoms with Gasteiger partial charge in [0.1, 0.15) is 12.4 Å². The van der Waals surface area contributed by atoms with E-state index in [0.29, 0.717) is 31.8 Å². The summed E-state index contributed by atoms with van der Waals surface area (Å²) in [4.78, 5) is 18.9. The minimum Gasteiger partial charge on any atom is -0.485 e. The van der Waals surface area contributed by atoms with E-state index in [1.165, 1.54) is 25.9 Å². The maximum absolute atomic E-state index is 11.7. The van der Waals surface area contributed by atoms with Crippen molar-refractivity contribution in [3.63, 3.8) is 0 Å². The van der Waals surface area contributed by atoms with Crippen LogP contribution in [0.4, 0.5) is 0 Å². The number of rotatable bonds is 2. The van der Waals surface area contributed by atoms with Crippen LogP contribution in [-0.4, -0.2) is 72.0 Å². The average Bonchev–Trinajstić information content (AvgIpc) is 3.06. The normalized spacial score (nSPS) is 37.0. The number of carbonyl (C=O) groups excluding carboxylic acids is 1. The van der Waals surface area contributed by atoms with E-state index in [2.05, 4.69) is 45.4 Å². The van der Waals surface area contributed by atoms with Gasteiger partial charge >= 0.3 is 0 Å². The second-order valence-corrected chi connectivity index (χ2v) is 7.78. The lowest BCUT2D eigenvalue weighted by molar-refractivity contribution is -0.123. The molecule has 4 fully saturated rings. The van der Waals surface area contributed by atoms with E-state index in [1.807, 2.05) is 0 Å². The molecule has 0 aromatic heterocycles. The standard InChI is InChI=1S/C19H26N4O2/c1-13-19(14-2-6-21(13)7-3-14)23-8-4-15-16(12-25-17(15)10-23)22-9-5-20-18(24)11-22/h4,8,10,13-14,19H,2-3,5-7,9,11-12H2,1H3,(H,20,24)/t13-,19-/m0/s1. The smallest absolute Gasteiger partial charge is 0.239 e. The molecule has 2 atom stereocenters. The average molecular weight is 342 g/mol. The lowest BCUT2D eigenvalue weighted by Crippen LogP contribution is -2.60. The number of piperazine rings is 1. The number of fused-ring (bicyclic) bond motifs is 4. The van der Waals surface area contributed by atoms with Gasteiger partial charge in [-0.05, 0) is 44.8 Å². The Bertz CT molecular complexity index is 673. The van der Waals surface area contributed by atoms with Gasteiger partial charge in [-0.15, -0.1) is 0 Å². The number of hydrogen-bond donors (Lipinski definition) is 1. The summed E-state index contributed by atoms with van der Waals surface area (Å²) in [6, 6.07) is 1.13. The van der Waals surface area contributed by atoms with Crippen LogP contribution in [0.25, 0.3) is 0 Å². The van der Waals surface area contributed by atoms with Gasteiger partial charge in [-0.2, -0.15) is 0 Å². The number of nitrogens with one attached hydrogen (secondary N) is 1. The number of allylic oxidation sites excluding steroid dienone is 1. The number of hydrogen-bond acceptors (Lipinski definition) is 5. The van der Waals surface area contributed by atoms with Crippen LogP contribution < -0.4 is 5.32 Å². The molecular formula is C19H26N4O2. The summed E-state index contributed by atoms with van der Waals surface area (Å²) in [7, 11) is 0. The van der Waals surface area contributed by atoms with Crippen molar-refractivity contribution in [2.75, 3.05) is 39.3 Å². The highest BCUT2D eigenvalue weighted by Gasteiger charge is 2.42. The van der Waals surface area contributed by atoms with Crippen molar-refractivity contribution >= 4 is 5.91 Å². The molecule has 0 spiro atoms. The molecule has 0 unspecified atom stereocenters. The Hall–Kier alpha value is -1.95. The van der Waals surface area contributed by atoms with Gasteiger partial charge in [-0.1, -0.05) is 0 Å². The van der Waals surface area contributed by atoms with Crippen LogP contribution in [0.3, 0.4) is 0 Å². The predicted molar refractivity (Wildman–Crippen MR) is 94.2 cm³/mol. The van der Waals surface area contributed by atoms with Crippen LogP contribution in [0.5, 0.6) is 0 Å². The number of ether oxygens (including phenoxy) is 1. The summed E-state index contributed by atoms with van der Waals surface area (Å²) in [6.45, 7) is 7.43. The molecular weight excluding hydrogens is 316 g/mol. The maximum Gasteiger partial charge on any atom is 0.239 e. The van der Waals surface area contributed by atoms with Crippen molar-refractivity contribution in [2.24, 2.45) is 5.92 Å². The Morgan fingerprint density at radius 2 is 2.08 bits per heavy atom. The number of nitrogens with zero attached hydrogens (tertiary/aromatic N) is 3. The minimum absolute atomic E-state index is 0.0966. The van der Waals surface area contributed by atoms with Crippen molar-refractivity contribution in [2.45, 2.75) is 31.8 Å². The summed E-state index contributed by atoms with van der Waals surface area (Å²) < 4.78 is 6.00. The summed E-state index contributed by atoms with van der Waals surface area (Å²) in [5.41, 5.74) is 2.30. The number of carbonyl (C=O) groups is 1. The van der Waals surface area contributed by atoms with Crippen molar-refractivity contribution in [3.05, 3.63) is 35.5 Å². The zero-order valence-corrected chi connectivity index (χ0v) is 14.8. The Labute approximate surface area is 148 Å². The second-order valence-electron chi connectivity index (χ2n) is 7.78. The van der Waals surface area contributed by atoms with Gasteiger partial charge in [0.15, 0.2) is 0 Å². The fourth-order valence-corrected chi connectivity index (χ4v) is 5.15. The van der Waals surface area contributed by atoms with Crippen LogP contribution >= 0.6 is 0 Å². The molecule has 0 aromatic carbocycles. The SMILES string of the molecule is C[C@H]1[C@H](N2C=CC3=C(N4CCNC(=O)C4)COC3=C2)C2CCN1CC2. The van der Waals surface area contributed by atoms with Gasteiger partial charge in [0.05, 0.1) is 18.3 Å². The van der Waals surface area contributed by atoms with E-state index in [9.17, 15) is 4.79 Å². The van der Waals surface area contributed by atoms with Crippen molar-refractivity contribution in [3.8, 4) is 0 Å². The lowest BCUT2D eigenvalue weighted by atomic mass is 9.78. The monoisotopic (exact) mass is 342 g/mol. The third-order valence-corrected chi connectivity index (χ3v) is 6.51. The molecule has 0 saturated carbocycles. The molecule has 1 N–H and O–H groups in total. The molecule has 6 nitrogen and oxygen atoms in total. The highest BCUT2D eigenvalue weighted by molar-refractivity contribution is 5.79. The first-order valence-electron chi connectivity index (χ1n) is 9.50. The molecule has 6 heteroatoms. The highest BCUT2D eigenvalue weighted by Crippen LogP contribution is 2.39. The first-order valence-corrected chi connectivity index (χ1v) is 9.50. The van der Waals surface area contributed by atoms with Crippen LogP contribution in [0.15, 0.2) is 35.5 Å². The number of piperidine rings is 3. The third kappa shape index (κ3) is 2.46. The molecule has 0 aliphatic carbocycles. The van der Waals surface area contributed by atoms with E-state index >= 15 is 0 Å². The molecule has 25 heavy (non-hydrogen) atoms. The number of amides is 1. The van der Waals surface area contributed by atoms with E-state index in [4.69, 9.17) is 4.74 Å². The van der Waals surface area contributed by atoms with Crippen molar-refractivity contribution in [1.82, 2.24) is 20.0 Å². The van der Waals surface area contributed by atoms with Crippen LogP contribution in [0.2, 0.25) is 0 Å². The van der Waals surface area contributed by atoms with Gasteiger partial charge in [-0.3, -0.25) is 9.69 Å². The third-order valence-electron chi connectivity index (χ3n) is 6.51. The maximum atomic E-state index is 11.7. The van der Waals surface area contributed by atoms with Gasteiger partial charge in [0.2, 0.25) is 5.91 Å². The van der Waals surface area contributed by atoms with E-state index in [1.54, 1.807) is 0 Å². The van der Waals surface area contributed by atoms with Gasteiger partial charge < -0.3 is 19.9 Å². The largest absolute Gasteiger partial charge is 0.485 e. The van der Waals surface area contributed by atoms with Crippen LogP contribution in [0.1, 0.15) is 19.8 Å². The molecule has 1 amide bonds. The Balaban J connectivity index is 1.39. The predicted octanol–water partition coefficient (Wildman–Crippen LogP) is 0.856. The summed E-state index contributed by atoms with van der Waals surface area (Å²) in [5.74, 6) is 1.84. The van der Waals surface area contributed by atoms with Gasteiger partial charge in [0.25, 0.3) is 0 Å². The molecule has 6 aliphatic rings. The second kappa shape index (κ2) is 5.80. The van der Waals surface area contributed by atoms with E-state index in [-0.39, 0.29) is 5.91 Å². The van der Waals surface area contributed by atoms with E-state index < -0.39 is 0 Å². The molecule has 4 saturated heterocycles. The summed E-state index contributed by atoms with van der Waals surface area (Å²) in [5, 5.41) is 2.89. The fraction of sp³-hybridized carbons (Fsp3) is 0.632. The molecule has 6 heterocycles. The molecule has 2 bridgehead atoms. The summed E-state index contributed by atoms with van der Waals surface area (Å²) >= 11 is 0. The Kier molecular flexibility index (Phi) is 3.55. The Morgan fingerprint density at radius 1 is 1.24 bits per heavy atom. The summed E-state index contributed by atoms with van der Waals surface area (Å²) in [6.07, 6.45) is 9.21. The highest BCUT2D eigenvalue weighted by atomic mass is 16.5. The molecule has 0 aromatic rings. The van der Waals surface area contributed by atoms with E-state index in [0.717, 1.165) is 29.5 Å². The minimum atomic E-state index is 0.0966. The van der Waals surface area contributed by atoms with Gasteiger partial charge in [0, 0.05) is 37.1 Å². The fourth-order valence-electron chi connectivity index (χ4n) is 5.15. The van der Waals surface area contributed by atoms with Crippen molar-refractivity contribution < 1.29 is 9.53 Å². The van der Waals surface area contributed by atoms with Gasteiger partial charge in [-0.25, -0.2) is 0 Å². The molecule has 6 aliphatic heterocycles. The Morgan fingerprint density at radius 3 is 2.84 bits per heavy atom. The molecule has 0 radical (unpaired) electrons. The first-order chi connectivity index (χ1) is 12.2. The molecule has 134 valence electrons. The van der Waals surface area contributed by atoms with Crippen molar-refractivity contribution in [1.29, 1.82) is 0 Å². The quantitative estimate of drug-likeness (QED) is 0.806. The topological polar surface area (TPSA) is 48.1 Å². The zero-order chi connectivity index (χ0) is 17.0. The zero-order valence-electron chi connectivity index (χ0n) is 14.8.